The SMILES string of the molecule is CC(C)(C)c1ccc(C(=O)Nc2ccc(-c3cc4c(o3)CCN(C(=O)c3ccccc3)C4)cc2)cc1. The van der Waals surface area contributed by atoms with Crippen molar-refractivity contribution in [2.24, 2.45) is 0 Å². The normalized spacial score (nSPS) is 13.2. The van der Waals surface area contributed by atoms with Crippen LogP contribution in [0.4, 0.5) is 5.69 Å². The van der Waals surface area contributed by atoms with Gasteiger partial charge in [-0.05, 0) is 65.6 Å². The number of rotatable bonds is 4. The Balaban J connectivity index is 1.25. The van der Waals surface area contributed by atoms with E-state index in [9.17, 15) is 9.59 Å². The monoisotopic (exact) mass is 478 g/mol. The highest BCUT2D eigenvalue weighted by molar-refractivity contribution is 6.04. The molecule has 1 aromatic heterocycles. The fourth-order valence-corrected chi connectivity index (χ4v) is 4.45. The Bertz CT molecular complexity index is 1380. The van der Waals surface area contributed by atoms with Crippen molar-refractivity contribution in [1.29, 1.82) is 0 Å². The van der Waals surface area contributed by atoms with Crippen molar-refractivity contribution in [3.8, 4) is 11.3 Å². The largest absolute Gasteiger partial charge is 0.461 e. The molecular weight excluding hydrogens is 448 g/mol. The van der Waals surface area contributed by atoms with Crippen LogP contribution < -0.4 is 5.32 Å². The van der Waals surface area contributed by atoms with E-state index in [0.717, 1.165) is 28.3 Å². The van der Waals surface area contributed by atoms with Crippen LogP contribution in [-0.4, -0.2) is 23.3 Å². The van der Waals surface area contributed by atoms with Crippen molar-refractivity contribution in [3.63, 3.8) is 0 Å². The summed E-state index contributed by atoms with van der Waals surface area (Å²) in [6.45, 7) is 7.63. The maximum atomic E-state index is 12.8. The van der Waals surface area contributed by atoms with Crippen LogP contribution in [0.3, 0.4) is 0 Å². The molecular formula is C31H30N2O3. The van der Waals surface area contributed by atoms with Gasteiger partial charge < -0.3 is 14.6 Å². The molecule has 2 amide bonds. The molecule has 0 radical (unpaired) electrons. The van der Waals surface area contributed by atoms with Crippen molar-refractivity contribution in [2.45, 2.75) is 39.2 Å². The Morgan fingerprint density at radius 1 is 0.861 bits per heavy atom. The second kappa shape index (κ2) is 9.50. The van der Waals surface area contributed by atoms with E-state index in [1.165, 1.54) is 5.56 Å². The summed E-state index contributed by atoms with van der Waals surface area (Å²) in [5.41, 5.74) is 5.25. The predicted molar refractivity (Wildman–Crippen MR) is 142 cm³/mol. The van der Waals surface area contributed by atoms with E-state index in [4.69, 9.17) is 4.42 Å². The quantitative estimate of drug-likeness (QED) is 0.355. The highest BCUT2D eigenvalue weighted by Gasteiger charge is 2.25. The van der Waals surface area contributed by atoms with Gasteiger partial charge in [-0.15, -0.1) is 0 Å². The summed E-state index contributed by atoms with van der Waals surface area (Å²) in [6.07, 6.45) is 0.691. The number of anilines is 1. The number of nitrogens with one attached hydrogen (secondary N) is 1. The molecule has 2 heterocycles. The minimum Gasteiger partial charge on any atom is -0.461 e. The lowest BCUT2D eigenvalue weighted by Crippen LogP contribution is -2.35. The lowest BCUT2D eigenvalue weighted by molar-refractivity contribution is 0.0730. The number of hydrogen-bond donors (Lipinski definition) is 1. The van der Waals surface area contributed by atoms with Gasteiger partial charge in [0.15, 0.2) is 0 Å². The lowest BCUT2D eigenvalue weighted by atomic mass is 9.87. The molecule has 5 heteroatoms. The van der Waals surface area contributed by atoms with Crippen molar-refractivity contribution in [1.82, 2.24) is 4.90 Å². The molecule has 0 saturated heterocycles. The Labute approximate surface area is 211 Å². The van der Waals surface area contributed by atoms with E-state index in [-0.39, 0.29) is 17.2 Å². The van der Waals surface area contributed by atoms with Crippen molar-refractivity contribution in [3.05, 3.63) is 113 Å². The molecule has 1 aliphatic heterocycles. The first-order valence-corrected chi connectivity index (χ1v) is 12.3. The smallest absolute Gasteiger partial charge is 0.255 e. The Hall–Kier alpha value is -4.12. The molecule has 0 unspecified atom stereocenters. The fourth-order valence-electron chi connectivity index (χ4n) is 4.45. The van der Waals surface area contributed by atoms with Crippen LogP contribution in [0.1, 0.15) is 58.4 Å². The molecule has 5 rings (SSSR count). The molecule has 36 heavy (non-hydrogen) atoms. The summed E-state index contributed by atoms with van der Waals surface area (Å²) in [5.74, 6) is 1.60. The molecule has 0 fully saturated rings. The average molecular weight is 479 g/mol. The summed E-state index contributed by atoms with van der Waals surface area (Å²) in [7, 11) is 0. The van der Waals surface area contributed by atoms with Gasteiger partial charge in [-0.1, -0.05) is 51.1 Å². The van der Waals surface area contributed by atoms with E-state index < -0.39 is 0 Å². The number of benzene rings is 3. The summed E-state index contributed by atoms with van der Waals surface area (Å²) < 4.78 is 6.13. The van der Waals surface area contributed by atoms with Crippen LogP contribution in [-0.2, 0) is 18.4 Å². The standard InChI is InChI=1S/C31H30N2O3/c1-31(2,3)25-13-9-22(10-14-25)29(34)32-26-15-11-21(12-16-26)28-19-24-20-33(18-17-27(24)36-28)30(35)23-7-5-4-6-8-23/h4-16,19H,17-18,20H2,1-3H3,(H,32,34). The zero-order chi connectivity index (χ0) is 25.3. The molecule has 0 saturated carbocycles. The van der Waals surface area contributed by atoms with Gasteiger partial charge in [0.1, 0.15) is 11.5 Å². The lowest BCUT2D eigenvalue weighted by Gasteiger charge is -2.26. The number of carbonyl (C=O) groups excluding carboxylic acids is 2. The Morgan fingerprint density at radius 3 is 2.22 bits per heavy atom. The third kappa shape index (κ3) is 4.96. The number of fused-ring (bicyclic) bond motifs is 1. The zero-order valence-electron chi connectivity index (χ0n) is 20.9. The number of carbonyl (C=O) groups is 2. The van der Waals surface area contributed by atoms with Gasteiger partial charge >= 0.3 is 0 Å². The van der Waals surface area contributed by atoms with Gasteiger partial charge in [-0.25, -0.2) is 0 Å². The number of furan rings is 1. The minimum absolute atomic E-state index is 0.0390. The van der Waals surface area contributed by atoms with Crippen molar-refractivity contribution in [2.75, 3.05) is 11.9 Å². The van der Waals surface area contributed by atoms with Crippen LogP contribution in [0.5, 0.6) is 0 Å². The van der Waals surface area contributed by atoms with E-state index in [2.05, 4.69) is 26.1 Å². The first-order valence-electron chi connectivity index (χ1n) is 12.3. The molecule has 3 aromatic carbocycles. The number of hydrogen-bond acceptors (Lipinski definition) is 3. The predicted octanol–water partition coefficient (Wildman–Crippen LogP) is 6.69. The van der Waals surface area contributed by atoms with Crippen LogP contribution in [0, 0.1) is 0 Å². The molecule has 1 aliphatic rings. The molecule has 4 aromatic rings. The summed E-state index contributed by atoms with van der Waals surface area (Å²) in [5, 5.41) is 2.96. The summed E-state index contributed by atoms with van der Waals surface area (Å²) in [4.78, 5) is 27.4. The molecule has 0 bridgehead atoms. The van der Waals surface area contributed by atoms with Gasteiger partial charge in [0.2, 0.25) is 0 Å². The molecule has 0 aliphatic carbocycles. The molecule has 0 spiro atoms. The first kappa shape index (κ1) is 23.6. The average Bonchev–Trinajstić information content (AvgIpc) is 3.32. The summed E-state index contributed by atoms with van der Waals surface area (Å²) >= 11 is 0. The van der Waals surface area contributed by atoms with Crippen LogP contribution >= 0.6 is 0 Å². The second-order valence-electron chi connectivity index (χ2n) is 10.3. The maximum Gasteiger partial charge on any atom is 0.255 e. The Kier molecular flexibility index (Phi) is 6.23. The summed E-state index contributed by atoms with van der Waals surface area (Å²) in [6, 6.07) is 26.8. The van der Waals surface area contributed by atoms with Crippen molar-refractivity contribution < 1.29 is 14.0 Å². The van der Waals surface area contributed by atoms with Crippen LogP contribution in [0.2, 0.25) is 0 Å². The number of nitrogens with zero attached hydrogens (tertiary/aromatic N) is 1. The molecule has 1 N–H and O–H groups in total. The maximum absolute atomic E-state index is 12.8. The van der Waals surface area contributed by atoms with Gasteiger partial charge in [0.05, 0.1) is 0 Å². The fraction of sp³-hybridized carbons (Fsp3) is 0.226. The minimum atomic E-state index is -0.139. The van der Waals surface area contributed by atoms with E-state index in [1.54, 1.807) is 0 Å². The number of amides is 2. The van der Waals surface area contributed by atoms with Crippen LogP contribution in [0.15, 0.2) is 89.3 Å². The van der Waals surface area contributed by atoms with Crippen LogP contribution in [0.25, 0.3) is 11.3 Å². The molecule has 0 atom stereocenters. The van der Waals surface area contributed by atoms with Crippen molar-refractivity contribution >= 4 is 17.5 Å². The highest BCUT2D eigenvalue weighted by Crippen LogP contribution is 2.31. The van der Waals surface area contributed by atoms with Gasteiger partial charge in [-0.3, -0.25) is 9.59 Å². The Morgan fingerprint density at radius 2 is 1.56 bits per heavy atom. The highest BCUT2D eigenvalue weighted by atomic mass is 16.3. The molecule has 5 nitrogen and oxygen atoms in total. The first-order chi connectivity index (χ1) is 17.3. The third-order valence-corrected chi connectivity index (χ3v) is 6.61. The topological polar surface area (TPSA) is 62.6 Å². The van der Waals surface area contributed by atoms with Gasteiger partial charge in [-0.2, -0.15) is 0 Å². The van der Waals surface area contributed by atoms with Gasteiger partial charge in [0, 0.05) is 47.5 Å². The zero-order valence-corrected chi connectivity index (χ0v) is 20.9. The molecule has 182 valence electrons. The third-order valence-electron chi connectivity index (χ3n) is 6.61. The van der Waals surface area contributed by atoms with E-state index in [0.29, 0.717) is 30.6 Å². The van der Waals surface area contributed by atoms with E-state index >= 15 is 0 Å². The van der Waals surface area contributed by atoms with E-state index in [1.807, 2.05) is 89.8 Å². The van der Waals surface area contributed by atoms with Gasteiger partial charge in [0.25, 0.3) is 11.8 Å². The second-order valence-corrected chi connectivity index (χ2v) is 10.3.